The van der Waals surface area contributed by atoms with Crippen molar-refractivity contribution in [2.24, 2.45) is 0 Å². The maximum Gasteiger partial charge on any atom is 0.311 e. The smallest absolute Gasteiger partial charge is 0.311 e. The van der Waals surface area contributed by atoms with E-state index in [2.05, 4.69) is 5.32 Å². The van der Waals surface area contributed by atoms with Gasteiger partial charge in [-0.15, -0.1) is 0 Å². The van der Waals surface area contributed by atoms with Gasteiger partial charge >= 0.3 is 5.97 Å². The number of anilines is 1. The topological polar surface area (TPSA) is 79.2 Å². The summed E-state index contributed by atoms with van der Waals surface area (Å²) >= 11 is 0. The SMILES string of the molecule is C[C@H](OC(=O)Cc1cccc2ccccc12)C(=O)Nc1ccc(C#N)cc1. The van der Waals surface area contributed by atoms with Gasteiger partial charge in [-0.3, -0.25) is 9.59 Å². The molecule has 0 saturated carbocycles. The monoisotopic (exact) mass is 358 g/mol. The van der Waals surface area contributed by atoms with Crippen LogP contribution in [0.2, 0.25) is 0 Å². The Hall–Kier alpha value is -3.65. The van der Waals surface area contributed by atoms with E-state index in [0.717, 1.165) is 16.3 Å². The first kappa shape index (κ1) is 18.2. The molecule has 3 rings (SSSR count). The lowest BCUT2D eigenvalue weighted by Gasteiger charge is -2.14. The Morgan fingerprint density at radius 2 is 1.74 bits per heavy atom. The minimum Gasteiger partial charge on any atom is -0.452 e. The maximum atomic E-state index is 12.3. The van der Waals surface area contributed by atoms with Crippen LogP contribution in [0.3, 0.4) is 0 Å². The van der Waals surface area contributed by atoms with Gasteiger partial charge in [0.05, 0.1) is 18.1 Å². The maximum absolute atomic E-state index is 12.3. The molecule has 0 aliphatic rings. The summed E-state index contributed by atoms with van der Waals surface area (Å²) in [4.78, 5) is 24.5. The summed E-state index contributed by atoms with van der Waals surface area (Å²) in [6.07, 6.45) is -0.835. The zero-order chi connectivity index (χ0) is 19.2. The highest BCUT2D eigenvalue weighted by Gasteiger charge is 2.18. The number of nitrogens with one attached hydrogen (secondary N) is 1. The van der Waals surface area contributed by atoms with E-state index in [4.69, 9.17) is 10.00 Å². The number of hydrogen-bond donors (Lipinski definition) is 1. The Kier molecular flexibility index (Phi) is 5.48. The third-order valence-corrected chi connectivity index (χ3v) is 4.17. The Balaban J connectivity index is 1.61. The van der Waals surface area contributed by atoms with E-state index >= 15 is 0 Å². The third kappa shape index (κ3) is 4.50. The summed E-state index contributed by atoms with van der Waals surface area (Å²) < 4.78 is 5.28. The van der Waals surface area contributed by atoms with Crippen LogP contribution in [-0.4, -0.2) is 18.0 Å². The van der Waals surface area contributed by atoms with Gasteiger partial charge < -0.3 is 10.1 Å². The Labute approximate surface area is 157 Å². The number of fused-ring (bicyclic) bond motifs is 1. The number of carbonyl (C=O) groups excluding carboxylic acids is 2. The molecule has 1 N–H and O–H groups in total. The van der Waals surface area contributed by atoms with Crippen LogP contribution in [0.4, 0.5) is 5.69 Å². The number of benzene rings is 3. The summed E-state index contributed by atoms with van der Waals surface area (Å²) in [5.74, 6) is -0.889. The number of hydrogen-bond acceptors (Lipinski definition) is 4. The molecule has 134 valence electrons. The zero-order valence-electron chi connectivity index (χ0n) is 14.8. The summed E-state index contributed by atoms with van der Waals surface area (Å²) in [6, 6.07) is 22.0. The number of carbonyl (C=O) groups is 2. The van der Waals surface area contributed by atoms with E-state index in [0.29, 0.717) is 11.3 Å². The summed E-state index contributed by atoms with van der Waals surface area (Å²) in [6.45, 7) is 1.53. The van der Waals surface area contributed by atoms with Crippen LogP contribution in [0.25, 0.3) is 10.8 Å². The summed E-state index contributed by atoms with van der Waals surface area (Å²) in [5, 5.41) is 13.5. The number of esters is 1. The highest BCUT2D eigenvalue weighted by atomic mass is 16.5. The molecule has 0 aliphatic carbocycles. The number of ether oxygens (including phenoxy) is 1. The Morgan fingerprint density at radius 3 is 2.48 bits per heavy atom. The lowest BCUT2D eigenvalue weighted by atomic mass is 10.0. The first-order chi connectivity index (χ1) is 13.1. The average molecular weight is 358 g/mol. The van der Waals surface area contributed by atoms with E-state index in [-0.39, 0.29) is 6.42 Å². The molecular weight excluding hydrogens is 340 g/mol. The number of nitrogens with zero attached hydrogens (tertiary/aromatic N) is 1. The molecule has 1 atom stereocenters. The zero-order valence-corrected chi connectivity index (χ0v) is 14.8. The van der Waals surface area contributed by atoms with Gasteiger partial charge in [0, 0.05) is 5.69 Å². The molecule has 5 heteroatoms. The van der Waals surface area contributed by atoms with Crippen LogP contribution in [0.5, 0.6) is 0 Å². The normalized spacial score (nSPS) is 11.4. The van der Waals surface area contributed by atoms with Crippen LogP contribution >= 0.6 is 0 Å². The van der Waals surface area contributed by atoms with Crippen molar-refractivity contribution in [1.82, 2.24) is 0 Å². The molecule has 1 amide bonds. The van der Waals surface area contributed by atoms with Crippen LogP contribution < -0.4 is 5.32 Å². The standard InChI is InChI=1S/C22H18N2O3/c1-15(22(26)24-19-11-9-16(14-23)10-12-19)27-21(25)13-18-7-4-6-17-5-2-3-8-20(17)18/h2-12,15H,13H2,1H3,(H,24,26)/t15-/m0/s1. The van der Waals surface area contributed by atoms with Crippen LogP contribution in [0.15, 0.2) is 66.7 Å². The van der Waals surface area contributed by atoms with Crippen molar-refractivity contribution in [2.45, 2.75) is 19.4 Å². The minimum absolute atomic E-state index is 0.0931. The lowest BCUT2D eigenvalue weighted by molar-refractivity contribution is -0.152. The van der Waals surface area contributed by atoms with Gasteiger partial charge in [0.2, 0.25) is 0 Å². The summed E-state index contributed by atoms with van der Waals surface area (Å²) in [7, 11) is 0. The molecule has 0 heterocycles. The molecule has 5 nitrogen and oxygen atoms in total. The molecule has 0 radical (unpaired) electrons. The molecule has 0 spiro atoms. The van der Waals surface area contributed by atoms with Crippen molar-refractivity contribution in [3.8, 4) is 6.07 Å². The molecule has 3 aromatic rings. The van der Waals surface area contributed by atoms with E-state index in [1.807, 2.05) is 48.5 Å². The second kappa shape index (κ2) is 8.15. The van der Waals surface area contributed by atoms with Crippen molar-refractivity contribution in [2.75, 3.05) is 5.32 Å². The second-order valence-corrected chi connectivity index (χ2v) is 6.13. The fourth-order valence-electron chi connectivity index (χ4n) is 2.77. The van der Waals surface area contributed by atoms with E-state index in [1.54, 1.807) is 24.3 Å². The minimum atomic E-state index is -0.928. The quantitative estimate of drug-likeness (QED) is 0.703. The van der Waals surface area contributed by atoms with Gasteiger partial charge in [-0.25, -0.2) is 0 Å². The van der Waals surface area contributed by atoms with Crippen LogP contribution in [-0.2, 0) is 20.7 Å². The van der Waals surface area contributed by atoms with Gasteiger partial charge in [0.1, 0.15) is 0 Å². The van der Waals surface area contributed by atoms with Crippen molar-refractivity contribution in [3.63, 3.8) is 0 Å². The fourth-order valence-corrected chi connectivity index (χ4v) is 2.77. The van der Waals surface area contributed by atoms with Crippen molar-refractivity contribution in [1.29, 1.82) is 5.26 Å². The van der Waals surface area contributed by atoms with Gasteiger partial charge in [-0.05, 0) is 47.5 Å². The van der Waals surface area contributed by atoms with E-state index in [1.165, 1.54) is 6.92 Å². The highest BCUT2D eigenvalue weighted by molar-refractivity contribution is 5.95. The van der Waals surface area contributed by atoms with Gasteiger partial charge in [0.25, 0.3) is 5.91 Å². The molecule has 0 saturated heterocycles. The number of rotatable bonds is 5. The molecule has 0 unspecified atom stereocenters. The van der Waals surface area contributed by atoms with E-state index in [9.17, 15) is 9.59 Å². The van der Waals surface area contributed by atoms with Crippen LogP contribution in [0, 0.1) is 11.3 Å². The predicted octanol–water partition coefficient (Wildman–Crippen LogP) is 3.82. The van der Waals surface area contributed by atoms with Crippen molar-refractivity contribution >= 4 is 28.3 Å². The van der Waals surface area contributed by atoms with Crippen molar-refractivity contribution in [3.05, 3.63) is 77.9 Å². The first-order valence-electron chi connectivity index (χ1n) is 8.54. The second-order valence-electron chi connectivity index (χ2n) is 6.13. The average Bonchev–Trinajstić information content (AvgIpc) is 2.68. The first-order valence-corrected chi connectivity index (χ1v) is 8.54. The lowest BCUT2D eigenvalue weighted by Crippen LogP contribution is -2.30. The molecular formula is C22H18N2O3. The number of amides is 1. The molecule has 0 aliphatic heterocycles. The predicted molar refractivity (Wildman–Crippen MR) is 103 cm³/mol. The molecule has 0 aromatic heterocycles. The molecule has 3 aromatic carbocycles. The third-order valence-electron chi connectivity index (χ3n) is 4.17. The largest absolute Gasteiger partial charge is 0.452 e. The van der Waals surface area contributed by atoms with Crippen LogP contribution in [0.1, 0.15) is 18.1 Å². The van der Waals surface area contributed by atoms with Gasteiger partial charge in [0.15, 0.2) is 6.10 Å². The Bertz CT molecular complexity index is 1010. The number of nitriles is 1. The molecule has 27 heavy (non-hydrogen) atoms. The summed E-state index contributed by atoms with van der Waals surface area (Å²) in [5.41, 5.74) is 1.90. The highest BCUT2D eigenvalue weighted by Crippen LogP contribution is 2.19. The van der Waals surface area contributed by atoms with Gasteiger partial charge in [-0.1, -0.05) is 42.5 Å². The van der Waals surface area contributed by atoms with Gasteiger partial charge in [-0.2, -0.15) is 5.26 Å². The van der Waals surface area contributed by atoms with E-state index < -0.39 is 18.0 Å². The molecule has 0 fully saturated rings. The van der Waals surface area contributed by atoms with Crippen molar-refractivity contribution < 1.29 is 14.3 Å². The Morgan fingerprint density at radius 1 is 1.04 bits per heavy atom. The fraction of sp³-hybridized carbons (Fsp3) is 0.136. The molecule has 0 bridgehead atoms.